The molecule has 0 spiro atoms. The van der Waals surface area contributed by atoms with E-state index in [0.717, 1.165) is 30.4 Å². The molecule has 0 N–H and O–H groups in total. The summed E-state index contributed by atoms with van der Waals surface area (Å²) in [5, 5.41) is 15.8. The van der Waals surface area contributed by atoms with Gasteiger partial charge in [0.1, 0.15) is 5.76 Å². The molecule has 0 amide bonds. The first-order valence-electron chi connectivity index (χ1n) is 6.10. The monoisotopic (exact) mass is 248 g/mol. The van der Waals surface area contributed by atoms with Crippen LogP contribution < -0.4 is 0 Å². The summed E-state index contributed by atoms with van der Waals surface area (Å²) < 4.78 is 6.99. The number of aryl methyl sites for hydroxylation is 1. The van der Waals surface area contributed by atoms with Crippen molar-refractivity contribution >= 4 is 0 Å². The molecule has 1 fully saturated rings. The predicted octanol–water partition coefficient (Wildman–Crippen LogP) is 0.936. The molecule has 2 aromatic heterocycles. The van der Waals surface area contributed by atoms with Crippen molar-refractivity contribution in [2.45, 2.75) is 38.9 Å². The fourth-order valence-corrected chi connectivity index (χ4v) is 1.99. The fraction of sp³-hybridized carbons (Fsp3) is 0.636. The lowest BCUT2D eigenvalue weighted by Gasteiger charge is -2.13. The average Bonchev–Trinajstić information content (AvgIpc) is 2.94. The Hall–Kier alpha value is -1.76. The van der Waals surface area contributed by atoms with Gasteiger partial charge in [-0.05, 0) is 37.2 Å². The summed E-state index contributed by atoms with van der Waals surface area (Å²) in [6.07, 6.45) is 2.37. The molecule has 96 valence electrons. The van der Waals surface area contributed by atoms with Crippen LogP contribution in [-0.4, -0.2) is 37.3 Å². The molecule has 7 nitrogen and oxygen atoms in total. The molecule has 0 radical (unpaired) electrons. The van der Waals surface area contributed by atoms with Gasteiger partial charge in [0.05, 0.1) is 18.3 Å². The Labute approximate surface area is 105 Å². The molecule has 1 saturated carbocycles. The van der Waals surface area contributed by atoms with Gasteiger partial charge in [-0.3, -0.25) is 4.90 Å². The average molecular weight is 248 g/mol. The summed E-state index contributed by atoms with van der Waals surface area (Å²) >= 11 is 0. The summed E-state index contributed by atoms with van der Waals surface area (Å²) in [4.78, 5) is 2.13. The van der Waals surface area contributed by atoms with Crippen molar-refractivity contribution in [1.82, 2.24) is 30.3 Å². The van der Waals surface area contributed by atoms with Crippen LogP contribution in [0.4, 0.5) is 0 Å². The van der Waals surface area contributed by atoms with Crippen molar-refractivity contribution in [1.29, 1.82) is 0 Å². The van der Waals surface area contributed by atoms with Crippen LogP contribution in [0.3, 0.4) is 0 Å². The zero-order chi connectivity index (χ0) is 12.5. The molecule has 18 heavy (non-hydrogen) atoms. The Balaban J connectivity index is 1.63. The SMILES string of the molecule is Cc1cc(CN(C)Cc2nnnn2C2CC2)no1. The summed E-state index contributed by atoms with van der Waals surface area (Å²) in [5.74, 6) is 1.75. The summed E-state index contributed by atoms with van der Waals surface area (Å²) in [6.45, 7) is 3.34. The molecule has 7 heteroatoms. The van der Waals surface area contributed by atoms with E-state index in [9.17, 15) is 0 Å². The summed E-state index contributed by atoms with van der Waals surface area (Å²) in [6, 6.07) is 2.46. The Morgan fingerprint density at radius 3 is 2.94 bits per heavy atom. The maximum absolute atomic E-state index is 5.05. The number of rotatable bonds is 5. The third-order valence-corrected chi connectivity index (χ3v) is 2.97. The van der Waals surface area contributed by atoms with E-state index in [1.54, 1.807) is 0 Å². The number of tetrazole rings is 1. The first-order chi connectivity index (χ1) is 8.72. The zero-order valence-corrected chi connectivity index (χ0v) is 10.6. The first kappa shape index (κ1) is 11.3. The molecule has 1 aliphatic rings. The zero-order valence-electron chi connectivity index (χ0n) is 10.6. The van der Waals surface area contributed by atoms with Gasteiger partial charge in [0.15, 0.2) is 5.82 Å². The van der Waals surface area contributed by atoms with Crippen LogP contribution in [0.25, 0.3) is 0 Å². The van der Waals surface area contributed by atoms with E-state index in [2.05, 4.69) is 25.6 Å². The van der Waals surface area contributed by atoms with Crippen molar-refractivity contribution in [2.24, 2.45) is 0 Å². The van der Waals surface area contributed by atoms with E-state index in [-0.39, 0.29) is 0 Å². The normalized spacial score (nSPS) is 15.5. The smallest absolute Gasteiger partial charge is 0.165 e. The first-order valence-corrected chi connectivity index (χ1v) is 6.10. The van der Waals surface area contributed by atoms with Crippen LogP contribution in [-0.2, 0) is 13.1 Å². The highest BCUT2D eigenvalue weighted by Crippen LogP contribution is 2.34. The molecule has 0 bridgehead atoms. The second-order valence-electron chi connectivity index (χ2n) is 4.87. The Bertz CT molecular complexity index is 529. The minimum Gasteiger partial charge on any atom is -0.361 e. The Morgan fingerprint density at radius 1 is 1.44 bits per heavy atom. The van der Waals surface area contributed by atoms with Gasteiger partial charge in [0.2, 0.25) is 0 Å². The quantitative estimate of drug-likeness (QED) is 0.784. The van der Waals surface area contributed by atoms with Gasteiger partial charge in [0, 0.05) is 12.6 Å². The highest BCUT2D eigenvalue weighted by Gasteiger charge is 2.27. The van der Waals surface area contributed by atoms with E-state index in [0.29, 0.717) is 6.04 Å². The lowest BCUT2D eigenvalue weighted by molar-refractivity contribution is 0.288. The minimum atomic E-state index is 0.512. The van der Waals surface area contributed by atoms with Gasteiger partial charge in [-0.15, -0.1) is 5.10 Å². The maximum Gasteiger partial charge on any atom is 0.165 e. The van der Waals surface area contributed by atoms with Crippen LogP contribution in [0.15, 0.2) is 10.6 Å². The van der Waals surface area contributed by atoms with Crippen molar-refractivity contribution in [3.05, 3.63) is 23.3 Å². The highest BCUT2D eigenvalue weighted by molar-refractivity contribution is 5.03. The summed E-state index contributed by atoms with van der Waals surface area (Å²) in [5.41, 5.74) is 0.931. The molecular weight excluding hydrogens is 232 g/mol. The molecular formula is C11H16N6O. The van der Waals surface area contributed by atoms with Crippen molar-refractivity contribution < 1.29 is 4.52 Å². The summed E-state index contributed by atoms with van der Waals surface area (Å²) in [7, 11) is 2.02. The van der Waals surface area contributed by atoms with Crippen LogP contribution in [0.2, 0.25) is 0 Å². The van der Waals surface area contributed by atoms with Crippen molar-refractivity contribution in [3.8, 4) is 0 Å². The molecule has 0 unspecified atom stereocenters. The Morgan fingerprint density at radius 2 is 2.28 bits per heavy atom. The van der Waals surface area contributed by atoms with Crippen molar-refractivity contribution in [3.63, 3.8) is 0 Å². The second-order valence-corrected chi connectivity index (χ2v) is 4.87. The topological polar surface area (TPSA) is 72.9 Å². The third kappa shape index (κ3) is 2.40. The largest absolute Gasteiger partial charge is 0.361 e. The number of hydrogen-bond donors (Lipinski definition) is 0. The number of aromatic nitrogens is 5. The van der Waals surface area contributed by atoms with Crippen LogP contribution in [0.5, 0.6) is 0 Å². The standard InChI is InChI=1S/C11H16N6O/c1-8-5-9(13-18-8)6-16(2)7-11-12-14-15-17(11)10-3-4-10/h5,10H,3-4,6-7H2,1-2H3. The molecule has 0 saturated heterocycles. The molecule has 0 atom stereocenters. The highest BCUT2D eigenvalue weighted by atomic mass is 16.5. The van der Waals surface area contributed by atoms with Crippen LogP contribution >= 0.6 is 0 Å². The van der Waals surface area contributed by atoms with Crippen molar-refractivity contribution in [2.75, 3.05) is 7.05 Å². The number of hydrogen-bond acceptors (Lipinski definition) is 6. The second kappa shape index (κ2) is 4.49. The molecule has 2 aromatic rings. The fourth-order valence-electron chi connectivity index (χ4n) is 1.99. The van der Waals surface area contributed by atoms with E-state index >= 15 is 0 Å². The van der Waals surface area contributed by atoms with E-state index < -0.39 is 0 Å². The molecule has 2 heterocycles. The van der Waals surface area contributed by atoms with E-state index in [4.69, 9.17) is 4.52 Å². The van der Waals surface area contributed by atoms with Gasteiger partial charge < -0.3 is 4.52 Å². The Kier molecular flexibility index (Phi) is 2.83. The molecule has 1 aliphatic carbocycles. The lowest BCUT2D eigenvalue weighted by Crippen LogP contribution is -2.20. The minimum absolute atomic E-state index is 0.512. The maximum atomic E-state index is 5.05. The molecule has 0 aliphatic heterocycles. The molecule has 3 rings (SSSR count). The van der Waals surface area contributed by atoms with Gasteiger partial charge in [-0.1, -0.05) is 5.16 Å². The third-order valence-electron chi connectivity index (χ3n) is 2.97. The van der Waals surface area contributed by atoms with Gasteiger partial charge in [-0.2, -0.15) is 0 Å². The van der Waals surface area contributed by atoms with Gasteiger partial charge in [0.25, 0.3) is 0 Å². The van der Waals surface area contributed by atoms with E-state index in [1.165, 1.54) is 12.8 Å². The molecule has 0 aromatic carbocycles. The predicted molar refractivity (Wildman–Crippen MR) is 62.5 cm³/mol. The van der Waals surface area contributed by atoms with Crippen LogP contribution in [0.1, 0.15) is 36.2 Å². The number of nitrogens with zero attached hydrogens (tertiary/aromatic N) is 6. The van der Waals surface area contributed by atoms with Gasteiger partial charge in [-0.25, -0.2) is 4.68 Å². The van der Waals surface area contributed by atoms with Crippen LogP contribution in [0, 0.1) is 6.92 Å². The van der Waals surface area contributed by atoms with Gasteiger partial charge >= 0.3 is 0 Å². The van der Waals surface area contributed by atoms with E-state index in [1.807, 2.05) is 24.7 Å². The lowest BCUT2D eigenvalue weighted by atomic mass is 10.3.